The Hall–Kier alpha value is -3.25. The smallest absolute Gasteiger partial charge is 0.270 e. The molecule has 6 nitrogen and oxygen atoms in total. The summed E-state index contributed by atoms with van der Waals surface area (Å²) in [5.74, 6) is -0.895. The molecule has 3 heterocycles. The fourth-order valence-corrected chi connectivity index (χ4v) is 7.07. The van der Waals surface area contributed by atoms with E-state index >= 15 is 0 Å². The Kier molecular flexibility index (Phi) is 6.80. The molecule has 37 heavy (non-hydrogen) atoms. The third kappa shape index (κ3) is 4.21. The Labute approximate surface area is 230 Å². The van der Waals surface area contributed by atoms with Crippen LogP contribution in [0.25, 0.3) is 11.1 Å². The summed E-state index contributed by atoms with van der Waals surface area (Å²) in [4.78, 5) is 31.1. The van der Waals surface area contributed by atoms with Gasteiger partial charge in [-0.1, -0.05) is 11.6 Å². The van der Waals surface area contributed by atoms with Crippen LogP contribution in [-0.2, 0) is 22.4 Å². The number of fused-ring (bicyclic) bond motifs is 1. The van der Waals surface area contributed by atoms with Crippen LogP contribution in [0.15, 0.2) is 35.9 Å². The number of hydrogen-bond acceptors (Lipinski definition) is 5. The maximum Gasteiger partial charge on any atom is 0.270 e. The molecule has 0 bridgehead atoms. The van der Waals surface area contributed by atoms with Crippen molar-refractivity contribution >= 4 is 63.8 Å². The molecule has 0 N–H and O–H groups in total. The molecule has 9 heteroatoms. The first-order valence-corrected chi connectivity index (χ1v) is 13.8. The zero-order chi connectivity index (χ0) is 26.4. The van der Waals surface area contributed by atoms with Crippen molar-refractivity contribution in [1.82, 2.24) is 9.47 Å². The van der Waals surface area contributed by atoms with Gasteiger partial charge in [-0.2, -0.15) is 5.26 Å². The summed E-state index contributed by atoms with van der Waals surface area (Å²) in [7, 11) is 0. The van der Waals surface area contributed by atoms with Crippen molar-refractivity contribution in [3.05, 3.63) is 73.9 Å². The number of aryl methyl sites for hydroxylation is 2. The van der Waals surface area contributed by atoms with Crippen molar-refractivity contribution < 1.29 is 9.59 Å². The summed E-state index contributed by atoms with van der Waals surface area (Å²) < 4.78 is 2.07. The highest BCUT2D eigenvalue weighted by atomic mass is 35.5. The predicted octanol–water partition coefficient (Wildman–Crippen LogP) is 6.12. The van der Waals surface area contributed by atoms with E-state index in [0.717, 1.165) is 53.2 Å². The van der Waals surface area contributed by atoms with E-state index in [2.05, 4.69) is 10.6 Å². The molecule has 188 valence electrons. The maximum absolute atomic E-state index is 13.6. The van der Waals surface area contributed by atoms with Crippen LogP contribution >= 0.6 is 35.2 Å². The van der Waals surface area contributed by atoms with Crippen molar-refractivity contribution in [2.45, 2.75) is 46.5 Å². The molecule has 0 spiro atoms. The monoisotopic (exact) mass is 548 g/mol. The van der Waals surface area contributed by atoms with E-state index in [0.29, 0.717) is 17.3 Å². The van der Waals surface area contributed by atoms with Crippen molar-refractivity contribution in [2.24, 2.45) is 0 Å². The van der Waals surface area contributed by atoms with Gasteiger partial charge in [-0.05, 0) is 106 Å². The van der Waals surface area contributed by atoms with E-state index in [-0.39, 0.29) is 10.7 Å². The van der Waals surface area contributed by atoms with Gasteiger partial charge in [0.15, 0.2) is 5.11 Å². The number of rotatable bonds is 4. The topological polar surface area (TPSA) is 69.3 Å². The van der Waals surface area contributed by atoms with Crippen LogP contribution in [-0.4, -0.2) is 32.9 Å². The normalized spacial score (nSPS) is 16.9. The number of nitrogens with zero attached hydrogens (tertiary/aromatic N) is 4. The molecule has 1 aliphatic carbocycles. The number of thiocarbonyl (C=S) groups is 1. The van der Waals surface area contributed by atoms with E-state index in [9.17, 15) is 14.9 Å². The van der Waals surface area contributed by atoms with Crippen LogP contribution < -0.4 is 4.90 Å². The third-order valence-corrected chi connectivity index (χ3v) is 8.90. The standard InChI is InChI=1S/C28H25ClN4O2S2/c1-4-31-25(34)22(26(35)33(28(31)36)20-11-9-19(29)10-12-20)14-18-13-16(2)32(17(18)3)27-23(15-30)21-7-5-6-8-24(21)37-27/h9-14H,4-8H2,1-3H3. The lowest BCUT2D eigenvalue weighted by Crippen LogP contribution is -2.56. The number of amides is 2. The van der Waals surface area contributed by atoms with Gasteiger partial charge < -0.3 is 4.57 Å². The molecular weight excluding hydrogens is 524 g/mol. The van der Waals surface area contributed by atoms with E-state index in [1.807, 2.05) is 26.8 Å². The number of carbonyl (C=O) groups excluding carboxylic acids is 2. The second-order valence-electron chi connectivity index (χ2n) is 9.17. The van der Waals surface area contributed by atoms with E-state index in [1.165, 1.54) is 20.2 Å². The number of carbonyl (C=O) groups is 2. The number of thiophene rings is 1. The molecule has 1 aromatic carbocycles. The van der Waals surface area contributed by atoms with Gasteiger partial charge in [-0.3, -0.25) is 19.4 Å². The molecular formula is C28H25ClN4O2S2. The minimum Gasteiger partial charge on any atom is -0.308 e. The Balaban J connectivity index is 1.61. The molecule has 0 unspecified atom stereocenters. The first-order chi connectivity index (χ1) is 17.8. The average Bonchev–Trinajstić information content (AvgIpc) is 3.38. The van der Waals surface area contributed by atoms with Crippen LogP contribution in [0.3, 0.4) is 0 Å². The largest absolute Gasteiger partial charge is 0.308 e. The lowest BCUT2D eigenvalue weighted by atomic mass is 9.96. The number of likely N-dealkylation sites (N-methyl/N-ethyl adjacent to an activating group) is 1. The van der Waals surface area contributed by atoms with Crippen LogP contribution in [0.2, 0.25) is 5.02 Å². The molecule has 0 saturated carbocycles. The molecule has 2 aliphatic rings. The third-order valence-electron chi connectivity index (χ3n) is 6.97. The maximum atomic E-state index is 13.6. The van der Waals surface area contributed by atoms with E-state index < -0.39 is 11.8 Å². The highest BCUT2D eigenvalue weighted by molar-refractivity contribution is 7.80. The van der Waals surface area contributed by atoms with Crippen molar-refractivity contribution in [3.63, 3.8) is 0 Å². The predicted molar refractivity (Wildman–Crippen MR) is 151 cm³/mol. The van der Waals surface area contributed by atoms with Gasteiger partial charge in [0, 0.05) is 27.8 Å². The van der Waals surface area contributed by atoms with E-state index in [4.69, 9.17) is 23.8 Å². The van der Waals surface area contributed by atoms with Crippen molar-refractivity contribution in [2.75, 3.05) is 11.4 Å². The lowest BCUT2D eigenvalue weighted by Gasteiger charge is -2.36. The first kappa shape index (κ1) is 25.4. The Morgan fingerprint density at radius 3 is 2.51 bits per heavy atom. The molecule has 2 aromatic heterocycles. The van der Waals surface area contributed by atoms with Gasteiger partial charge >= 0.3 is 0 Å². The number of benzene rings is 1. The molecule has 1 aliphatic heterocycles. The van der Waals surface area contributed by atoms with Crippen LogP contribution in [0, 0.1) is 25.2 Å². The van der Waals surface area contributed by atoms with Crippen LogP contribution in [0.4, 0.5) is 5.69 Å². The summed E-state index contributed by atoms with van der Waals surface area (Å²) in [5.41, 5.74) is 5.06. The minimum absolute atomic E-state index is 0.0385. The Morgan fingerprint density at radius 2 is 1.84 bits per heavy atom. The van der Waals surface area contributed by atoms with Gasteiger partial charge in [0.25, 0.3) is 11.8 Å². The van der Waals surface area contributed by atoms with Gasteiger partial charge in [-0.15, -0.1) is 11.3 Å². The molecule has 2 amide bonds. The second kappa shape index (κ2) is 9.90. The van der Waals surface area contributed by atoms with Crippen molar-refractivity contribution in [3.8, 4) is 11.1 Å². The van der Waals surface area contributed by atoms with E-state index in [1.54, 1.807) is 41.7 Å². The van der Waals surface area contributed by atoms with Crippen LogP contribution in [0.5, 0.6) is 0 Å². The fourth-order valence-electron chi connectivity index (χ4n) is 5.10. The summed E-state index contributed by atoms with van der Waals surface area (Å²) in [5, 5.41) is 11.6. The number of aromatic nitrogens is 1. The SMILES string of the molecule is CCN1C(=O)C(=Cc2cc(C)n(-c3sc4c(c3C#N)CCCC4)c2C)C(=O)N(c2ccc(Cl)cc2)C1=S. The number of halogens is 1. The molecule has 0 atom stereocenters. The lowest BCUT2D eigenvalue weighted by molar-refractivity contribution is -0.127. The van der Waals surface area contributed by atoms with Gasteiger partial charge in [0.2, 0.25) is 0 Å². The second-order valence-corrected chi connectivity index (χ2v) is 11.1. The zero-order valence-corrected chi connectivity index (χ0v) is 23.2. The zero-order valence-electron chi connectivity index (χ0n) is 20.8. The molecule has 1 fully saturated rings. The molecule has 5 rings (SSSR count). The average molecular weight is 549 g/mol. The van der Waals surface area contributed by atoms with Gasteiger partial charge in [0.05, 0.1) is 11.3 Å². The van der Waals surface area contributed by atoms with Crippen molar-refractivity contribution in [1.29, 1.82) is 5.26 Å². The Morgan fingerprint density at radius 1 is 1.14 bits per heavy atom. The number of nitriles is 1. The number of hydrogen-bond donors (Lipinski definition) is 0. The van der Waals surface area contributed by atoms with Crippen LogP contribution in [0.1, 0.15) is 52.7 Å². The highest BCUT2D eigenvalue weighted by Crippen LogP contribution is 2.38. The first-order valence-electron chi connectivity index (χ1n) is 12.2. The summed E-state index contributed by atoms with van der Waals surface area (Å²) >= 11 is 13.3. The fraction of sp³-hybridized carbons (Fsp3) is 0.286. The summed E-state index contributed by atoms with van der Waals surface area (Å²) in [6.45, 7) is 6.09. The van der Waals surface area contributed by atoms with Gasteiger partial charge in [0.1, 0.15) is 16.6 Å². The molecule has 0 radical (unpaired) electrons. The summed E-state index contributed by atoms with van der Waals surface area (Å²) in [6.07, 6.45) is 5.82. The summed E-state index contributed by atoms with van der Waals surface area (Å²) in [6, 6.07) is 11.2. The quantitative estimate of drug-likeness (QED) is 0.224. The number of anilines is 1. The van der Waals surface area contributed by atoms with Gasteiger partial charge in [-0.25, -0.2) is 0 Å². The molecule has 1 saturated heterocycles. The minimum atomic E-state index is -0.476. The molecule has 3 aromatic rings. The highest BCUT2D eigenvalue weighted by Gasteiger charge is 2.39. The Bertz CT molecular complexity index is 1520.